The van der Waals surface area contributed by atoms with Gasteiger partial charge in [0.1, 0.15) is 0 Å². The standard InChI is InChI=1S/C17H16OS/c1-12-5-8-17(15(9-12)11-18)19-16-7-6-13-3-2-4-14(13)10-16/h5-11H,2-4H2,1H3. The van der Waals surface area contributed by atoms with Crippen molar-refractivity contribution in [3.8, 4) is 0 Å². The lowest BCUT2D eigenvalue weighted by Gasteiger charge is -2.07. The Hall–Kier alpha value is -1.54. The minimum Gasteiger partial charge on any atom is -0.298 e. The molecule has 0 aliphatic heterocycles. The van der Waals surface area contributed by atoms with Crippen LogP contribution in [0.3, 0.4) is 0 Å². The van der Waals surface area contributed by atoms with Gasteiger partial charge in [-0.15, -0.1) is 0 Å². The Morgan fingerprint density at radius 3 is 2.74 bits per heavy atom. The Kier molecular flexibility index (Phi) is 3.43. The molecule has 1 nitrogen and oxygen atoms in total. The van der Waals surface area contributed by atoms with E-state index in [1.54, 1.807) is 11.8 Å². The first-order valence-electron chi connectivity index (χ1n) is 6.62. The predicted molar refractivity (Wildman–Crippen MR) is 79.2 cm³/mol. The maximum atomic E-state index is 11.1. The summed E-state index contributed by atoms with van der Waals surface area (Å²) in [6.07, 6.45) is 4.62. The Morgan fingerprint density at radius 1 is 1.05 bits per heavy atom. The van der Waals surface area contributed by atoms with Crippen LogP contribution in [0, 0.1) is 6.92 Å². The SMILES string of the molecule is Cc1ccc(Sc2ccc3c(c2)CCC3)c(C=O)c1. The van der Waals surface area contributed by atoms with Crippen molar-refractivity contribution in [2.75, 3.05) is 0 Å². The number of carbonyl (C=O) groups is 1. The summed E-state index contributed by atoms with van der Waals surface area (Å²) in [4.78, 5) is 13.4. The third-order valence-corrected chi connectivity index (χ3v) is 4.67. The van der Waals surface area contributed by atoms with E-state index in [2.05, 4.69) is 24.3 Å². The van der Waals surface area contributed by atoms with Gasteiger partial charge >= 0.3 is 0 Å². The van der Waals surface area contributed by atoms with Crippen molar-refractivity contribution < 1.29 is 4.79 Å². The smallest absolute Gasteiger partial charge is 0.151 e. The summed E-state index contributed by atoms with van der Waals surface area (Å²) in [6, 6.07) is 12.7. The zero-order valence-electron chi connectivity index (χ0n) is 11.0. The molecular weight excluding hydrogens is 252 g/mol. The molecule has 0 heterocycles. The molecule has 1 aliphatic rings. The lowest BCUT2D eigenvalue weighted by atomic mass is 10.1. The zero-order chi connectivity index (χ0) is 13.2. The van der Waals surface area contributed by atoms with E-state index in [-0.39, 0.29) is 0 Å². The van der Waals surface area contributed by atoms with E-state index in [0.717, 1.165) is 22.3 Å². The lowest BCUT2D eigenvalue weighted by molar-refractivity contribution is 0.112. The number of benzene rings is 2. The Labute approximate surface area is 118 Å². The maximum absolute atomic E-state index is 11.1. The van der Waals surface area contributed by atoms with E-state index in [9.17, 15) is 4.79 Å². The van der Waals surface area contributed by atoms with Gasteiger partial charge in [-0.2, -0.15) is 0 Å². The summed E-state index contributed by atoms with van der Waals surface area (Å²) in [6.45, 7) is 2.01. The van der Waals surface area contributed by atoms with E-state index in [4.69, 9.17) is 0 Å². The highest BCUT2D eigenvalue weighted by Gasteiger charge is 2.12. The van der Waals surface area contributed by atoms with Gasteiger partial charge in [-0.3, -0.25) is 4.79 Å². The lowest BCUT2D eigenvalue weighted by Crippen LogP contribution is -1.88. The van der Waals surface area contributed by atoms with Crippen LogP contribution in [-0.4, -0.2) is 6.29 Å². The van der Waals surface area contributed by atoms with E-state index >= 15 is 0 Å². The number of hydrogen-bond acceptors (Lipinski definition) is 2. The summed E-state index contributed by atoms with van der Waals surface area (Å²) in [5.41, 5.74) is 4.87. The van der Waals surface area contributed by atoms with Gasteiger partial charge in [-0.05, 0) is 61.6 Å². The number of aldehydes is 1. The second-order valence-electron chi connectivity index (χ2n) is 5.05. The molecule has 96 valence electrons. The van der Waals surface area contributed by atoms with Crippen LogP contribution in [0.4, 0.5) is 0 Å². The quantitative estimate of drug-likeness (QED) is 0.765. The molecule has 0 N–H and O–H groups in total. The number of fused-ring (bicyclic) bond motifs is 1. The molecule has 0 saturated heterocycles. The van der Waals surface area contributed by atoms with Crippen LogP contribution < -0.4 is 0 Å². The molecule has 3 rings (SSSR count). The average Bonchev–Trinajstić information content (AvgIpc) is 2.88. The van der Waals surface area contributed by atoms with Crippen molar-refractivity contribution in [1.29, 1.82) is 0 Å². The Balaban J connectivity index is 1.91. The van der Waals surface area contributed by atoms with Gasteiger partial charge in [0.05, 0.1) is 0 Å². The second-order valence-corrected chi connectivity index (χ2v) is 6.16. The number of aryl methyl sites for hydroxylation is 3. The van der Waals surface area contributed by atoms with Gasteiger partial charge in [0.15, 0.2) is 6.29 Å². The molecule has 0 atom stereocenters. The summed E-state index contributed by atoms with van der Waals surface area (Å²) in [5, 5.41) is 0. The minimum absolute atomic E-state index is 0.783. The van der Waals surface area contributed by atoms with E-state index < -0.39 is 0 Å². The first-order chi connectivity index (χ1) is 9.26. The molecule has 0 unspecified atom stereocenters. The number of carbonyl (C=O) groups excluding carboxylic acids is 1. The van der Waals surface area contributed by atoms with Gasteiger partial charge in [0, 0.05) is 15.4 Å². The molecule has 0 aromatic heterocycles. The monoisotopic (exact) mass is 268 g/mol. The van der Waals surface area contributed by atoms with E-state index in [1.807, 2.05) is 19.1 Å². The van der Waals surface area contributed by atoms with Crippen molar-refractivity contribution in [2.45, 2.75) is 36.0 Å². The highest BCUT2D eigenvalue weighted by atomic mass is 32.2. The molecule has 2 heteroatoms. The summed E-state index contributed by atoms with van der Waals surface area (Å²) in [7, 11) is 0. The molecule has 2 aromatic carbocycles. The summed E-state index contributed by atoms with van der Waals surface area (Å²) in [5.74, 6) is 0. The molecule has 0 radical (unpaired) electrons. The zero-order valence-corrected chi connectivity index (χ0v) is 11.8. The van der Waals surface area contributed by atoms with Gasteiger partial charge in [0.2, 0.25) is 0 Å². The first kappa shape index (κ1) is 12.5. The van der Waals surface area contributed by atoms with Crippen molar-refractivity contribution in [1.82, 2.24) is 0 Å². The molecule has 0 fully saturated rings. The Morgan fingerprint density at radius 2 is 1.89 bits per heavy atom. The summed E-state index contributed by atoms with van der Waals surface area (Å²) < 4.78 is 0. The first-order valence-corrected chi connectivity index (χ1v) is 7.43. The van der Waals surface area contributed by atoms with Crippen LogP contribution in [0.15, 0.2) is 46.2 Å². The normalized spacial score (nSPS) is 13.3. The highest BCUT2D eigenvalue weighted by molar-refractivity contribution is 7.99. The van der Waals surface area contributed by atoms with Crippen LogP contribution in [0.5, 0.6) is 0 Å². The predicted octanol–water partition coefficient (Wildman–Crippen LogP) is 4.45. The third kappa shape index (κ3) is 2.59. The molecule has 1 aliphatic carbocycles. The van der Waals surface area contributed by atoms with E-state index in [1.165, 1.54) is 35.3 Å². The highest BCUT2D eigenvalue weighted by Crippen LogP contribution is 2.33. The largest absolute Gasteiger partial charge is 0.298 e. The molecule has 0 spiro atoms. The van der Waals surface area contributed by atoms with Gasteiger partial charge < -0.3 is 0 Å². The van der Waals surface area contributed by atoms with Gasteiger partial charge in [-0.25, -0.2) is 0 Å². The third-order valence-electron chi connectivity index (χ3n) is 3.59. The van der Waals surface area contributed by atoms with Gasteiger partial charge in [-0.1, -0.05) is 29.5 Å². The minimum atomic E-state index is 0.783. The topological polar surface area (TPSA) is 17.1 Å². The fourth-order valence-electron chi connectivity index (χ4n) is 2.59. The van der Waals surface area contributed by atoms with Crippen LogP contribution in [-0.2, 0) is 12.8 Å². The van der Waals surface area contributed by atoms with Crippen molar-refractivity contribution in [2.24, 2.45) is 0 Å². The second kappa shape index (κ2) is 5.22. The number of rotatable bonds is 3. The maximum Gasteiger partial charge on any atom is 0.151 e. The molecule has 0 bridgehead atoms. The van der Waals surface area contributed by atoms with Crippen LogP contribution in [0.2, 0.25) is 0 Å². The van der Waals surface area contributed by atoms with Crippen molar-refractivity contribution >= 4 is 18.0 Å². The fraction of sp³-hybridized carbons (Fsp3) is 0.235. The Bertz CT molecular complexity index is 631. The molecular formula is C17H16OS. The molecule has 19 heavy (non-hydrogen) atoms. The summed E-state index contributed by atoms with van der Waals surface area (Å²) >= 11 is 1.68. The van der Waals surface area contributed by atoms with Crippen LogP contribution >= 0.6 is 11.8 Å². The van der Waals surface area contributed by atoms with Gasteiger partial charge in [0.25, 0.3) is 0 Å². The van der Waals surface area contributed by atoms with Crippen LogP contribution in [0.1, 0.15) is 33.5 Å². The van der Waals surface area contributed by atoms with Crippen LogP contribution in [0.25, 0.3) is 0 Å². The molecule has 2 aromatic rings. The van der Waals surface area contributed by atoms with Crippen molar-refractivity contribution in [3.05, 3.63) is 58.7 Å². The van der Waals surface area contributed by atoms with E-state index in [0.29, 0.717) is 0 Å². The average molecular weight is 268 g/mol. The molecule has 0 amide bonds. The number of hydrogen-bond donors (Lipinski definition) is 0. The molecule has 0 saturated carbocycles. The fourth-order valence-corrected chi connectivity index (χ4v) is 3.54. The van der Waals surface area contributed by atoms with Crippen molar-refractivity contribution in [3.63, 3.8) is 0 Å².